The summed E-state index contributed by atoms with van der Waals surface area (Å²) in [6.45, 7) is 3.30. The van der Waals surface area contributed by atoms with Crippen LogP contribution in [0.25, 0.3) is 0 Å². The molecule has 1 aliphatic carbocycles. The minimum atomic E-state index is -0.827. The summed E-state index contributed by atoms with van der Waals surface area (Å²) in [7, 11) is 0. The molecular formula is C12H22N2O3. The predicted octanol–water partition coefficient (Wildman–Crippen LogP) is 1.73. The fraction of sp³-hybridized carbons (Fsp3) is 0.833. The number of hydrogen-bond acceptors (Lipinski definition) is 2. The quantitative estimate of drug-likeness (QED) is 0.595. The fourth-order valence-electron chi connectivity index (χ4n) is 2.10. The largest absolute Gasteiger partial charge is 0.481 e. The van der Waals surface area contributed by atoms with Gasteiger partial charge in [0, 0.05) is 19.5 Å². The molecule has 0 radical (unpaired) electrons. The molecule has 0 atom stereocenters. The lowest BCUT2D eigenvalue weighted by Gasteiger charge is -2.41. The highest BCUT2D eigenvalue weighted by molar-refractivity contribution is 5.74. The zero-order valence-electron chi connectivity index (χ0n) is 10.4. The average Bonchev–Trinajstić information content (AvgIpc) is 2.23. The maximum absolute atomic E-state index is 11.4. The molecule has 0 aromatic rings. The van der Waals surface area contributed by atoms with Crippen molar-refractivity contribution in [2.75, 3.05) is 13.1 Å². The molecular weight excluding hydrogens is 220 g/mol. The Hall–Kier alpha value is -1.26. The third kappa shape index (κ3) is 4.63. The van der Waals surface area contributed by atoms with Crippen LogP contribution < -0.4 is 10.6 Å². The molecule has 1 aliphatic rings. The molecule has 1 saturated carbocycles. The molecule has 3 N–H and O–H groups in total. The first-order chi connectivity index (χ1) is 8.08. The monoisotopic (exact) mass is 242 g/mol. The Bertz CT molecular complexity index is 269. The van der Waals surface area contributed by atoms with Crippen molar-refractivity contribution in [3.8, 4) is 0 Å². The second kappa shape index (κ2) is 6.47. The fourth-order valence-corrected chi connectivity index (χ4v) is 2.10. The van der Waals surface area contributed by atoms with Crippen LogP contribution in [-0.4, -0.2) is 30.2 Å². The van der Waals surface area contributed by atoms with E-state index < -0.39 is 5.97 Å². The van der Waals surface area contributed by atoms with Crippen molar-refractivity contribution < 1.29 is 14.7 Å². The van der Waals surface area contributed by atoms with E-state index in [-0.39, 0.29) is 12.5 Å². The van der Waals surface area contributed by atoms with Crippen LogP contribution in [0.15, 0.2) is 0 Å². The van der Waals surface area contributed by atoms with E-state index >= 15 is 0 Å². The highest BCUT2D eigenvalue weighted by atomic mass is 16.4. The van der Waals surface area contributed by atoms with Crippen LogP contribution in [0.2, 0.25) is 0 Å². The van der Waals surface area contributed by atoms with Crippen LogP contribution in [0, 0.1) is 5.41 Å². The summed E-state index contributed by atoms with van der Waals surface area (Å²) in [4.78, 5) is 21.7. The summed E-state index contributed by atoms with van der Waals surface area (Å²) >= 11 is 0. The molecule has 98 valence electrons. The van der Waals surface area contributed by atoms with Crippen LogP contribution in [0.1, 0.15) is 45.4 Å². The van der Waals surface area contributed by atoms with Gasteiger partial charge < -0.3 is 15.7 Å². The van der Waals surface area contributed by atoms with Gasteiger partial charge in [0.1, 0.15) is 0 Å². The van der Waals surface area contributed by atoms with E-state index in [1.807, 2.05) is 0 Å². The highest BCUT2D eigenvalue weighted by Crippen LogP contribution is 2.42. The molecule has 0 spiro atoms. The number of amides is 2. The summed E-state index contributed by atoms with van der Waals surface area (Å²) in [6.07, 6.45) is 5.33. The van der Waals surface area contributed by atoms with E-state index in [0.29, 0.717) is 18.4 Å². The normalized spacial score (nSPS) is 17.0. The van der Waals surface area contributed by atoms with E-state index in [9.17, 15) is 9.59 Å². The van der Waals surface area contributed by atoms with Gasteiger partial charge in [-0.15, -0.1) is 0 Å². The topological polar surface area (TPSA) is 78.4 Å². The van der Waals surface area contributed by atoms with E-state index in [1.54, 1.807) is 0 Å². The zero-order valence-corrected chi connectivity index (χ0v) is 10.4. The van der Waals surface area contributed by atoms with Gasteiger partial charge in [-0.1, -0.05) is 13.3 Å². The van der Waals surface area contributed by atoms with Crippen LogP contribution in [0.3, 0.4) is 0 Å². The standard InChI is InChI=1S/C12H22N2O3/c1-2-12(6-4-7-12)9-14-11(17)13-8-3-5-10(15)16/h2-9H2,1H3,(H,15,16)(H2,13,14,17). The number of nitrogens with one attached hydrogen (secondary N) is 2. The first-order valence-corrected chi connectivity index (χ1v) is 6.31. The lowest BCUT2D eigenvalue weighted by molar-refractivity contribution is -0.137. The third-order valence-electron chi connectivity index (χ3n) is 3.64. The summed E-state index contributed by atoms with van der Waals surface area (Å²) in [5.74, 6) is -0.827. The van der Waals surface area contributed by atoms with E-state index in [1.165, 1.54) is 19.3 Å². The Kier molecular flexibility index (Phi) is 5.25. The highest BCUT2D eigenvalue weighted by Gasteiger charge is 2.35. The van der Waals surface area contributed by atoms with Gasteiger partial charge in [-0.05, 0) is 31.1 Å². The maximum Gasteiger partial charge on any atom is 0.314 e. The Balaban J connectivity index is 2.07. The molecule has 5 nitrogen and oxygen atoms in total. The molecule has 5 heteroatoms. The second-order valence-corrected chi connectivity index (χ2v) is 4.81. The van der Waals surface area contributed by atoms with Gasteiger partial charge in [0.15, 0.2) is 0 Å². The van der Waals surface area contributed by atoms with Gasteiger partial charge in [-0.3, -0.25) is 4.79 Å². The predicted molar refractivity (Wildman–Crippen MR) is 64.8 cm³/mol. The van der Waals surface area contributed by atoms with Gasteiger partial charge in [0.05, 0.1) is 0 Å². The number of urea groups is 1. The zero-order chi connectivity index (χ0) is 12.7. The lowest BCUT2D eigenvalue weighted by Crippen LogP contribution is -2.45. The Morgan fingerprint density at radius 3 is 2.47 bits per heavy atom. The minimum Gasteiger partial charge on any atom is -0.481 e. The maximum atomic E-state index is 11.4. The van der Waals surface area contributed by atoms with Crippen molar-refractivity contribution >= 4 is 12.0 Å². The number of carboxylic acids is 1. The molecule has 17 heavy (non-hydrogen) atoms. The number of carbonyl (C=O) groups excluding carboxylic acids is 1. The Morgan fingerprint density at radius 2 is 2.00 bits per heavy atom. The molecule has 0 aromatic carbocycles. The van der Waals surface area contributed by atoms with E-state index in [0.717, 1.165) is 13.0 Å². The molecule has 0 heterocycles. The van der Waals surface area contributed by atoms with Crippen molar-refractivity contribution in [2.45, 2.75) is 45.4 Å². The van der Waals surface area contributed by atoms with Gasteiger partial charge >= 0.3 is 12.0 Å². The molecule has 1 fully saturated rings. The molecule has 0 saturated heterocycles. The first-order valence-electron chi connectivity index (χ1n) is 6.31. The second-order valence-electron chi connectivity index (χ2n) is 4.81. The molecule has 0 aliphatic heterocycles. The summed E-state index contributed by atoms with van der Waals surface area (Å²) in [6, 6.07) is -0.185. The van der Waals surface area contributed by atoms with E-state index in [2.05, 4.69) is 17.6 Å². The summed E-state index contributed by atoms with van der Waals surface area (Å²) in [5.41, 5.74) is 0.318. The van der Waals surface area contributed by atoms with Gasteiger partial charge in [0.25, 0.3) is 0 Å². The van der Waals surface area contributed by atoms with Gasteiger partial charge in [0.2, 0.25) is 0 Å². The van der Waals surface area contributed by atoms with Crippen LogP contribution in [0.5, 0.6) is 0 Å². The van der Waals surface area contributed by atoms with Gasteiger partial charge in [-0.2, -0.15) is 0 Å². The molecule has 0 aromatic heterocycles. The van der Waals surface area contributed by atoms with Crippen molar-refractivity contribution in [1.29, 1.82) is 0 Å². The van der Waals surface area contributed by atoms with Crippen molar-refractivity contribution in [2.24, 2.45) is 5.41 Å². The summed E-state index contributed by atoms with van der Waals surface area (Å²) < 4.78 is 0. The van der Waals surface area contributed by atoms with E-state index in [4.69, 9.17) is 5.11 Å². The summed E-state index contributed by atoms with van der Waals surface area (Å²) in [5, 5.41) is 14.0. The first kappa shape index (κ1) is 13.8. The molecule has 0 unspecified atom stereocenters. The number of rotatable bonds is 7. The molecule has 1 rings (SSSR count). The number of carbonyl (C=O) groups is 2. The SMILES string of the molecule is CCC1(CNC(=O)NCCCC(=O)O)CCC1. The number of carboxylic acid groups (broad SMARTS) is 1. The Labute approximate surface area is 102 Å². The number of hydrogen-bond donors (Lipinski definition) is 3. The van der Waals surface area contributed by atoms with Crippen LogP contribution in [-0.2, 0) is 4.79 Å². The smallest absolute Gasteiger partial charge is 0.314 e. The third-order valence-corrected chi connectivity index (χ3v) is 3.64. The van der Waals surface area contributed by atoms with Crippen molar-refractivity contribution in [3.63, 3.8) is 0 Å². The lowest BCUT2D eigenvalue weighted by atomic mass is 9.67. The molecule has 0 bridgehead atoms. The molecule has 2 amide bonds. The van der Waals surface area contributed by atoms with Crippen LogP contribution in [0.4, 0.5) is 4.79 Å². The van der Waals surface area contributed by atoms with Crippen LogP contribution >= 0.6 is 0 Å². The number of aliphatic carboxylic acids is 1. The minimum absolute atomic E-state index is 0.0964. The Morgan fingerprint density at radius 1 is 1.29 bits per heavy atom. The van der Waals surface area contributed by atoms with Crippen molar-refractivity contribution in [1.82, 2.24) is 10.6 Å². The van der Waals surface area contributed by atoms with Crippen molar-refractivity contribution in [3.05, 3.63) is 0 Å². The van der Waals surface area contributed by atoms with Gasteiger partial charge in [-0.25, -0.2) is 4.79 Å². The average molecular weight is 242 g/mol.